The van der Waals surface area contributed by atoms with Crippen LogP contribution in [0.2, 0.25) is 5.02 Å². The molecule has 5 nitrogen and oxygen atoms in total. The van der Waals surface area contributed by atoms with E-state index >= 15 is 0 Å². The molecule has 0 saturated heterocycles. The van der Waals surface area contributed by atoms with Crippen LogP contribution >= 0.6 is 11.6 Å². The fourth-order valence-corrected chi connectivity index (χ4v) is 3.29. The molecule has 7 heteroatoms. The van der Waals surface area contributed by atoms with Crippen LogP contribution in [0.3, 0.4) is 0 Å². The van der Waals surface area contributed by atoms with Crippen LogP contribution in [0.15, 0.2) is 40.9 Å². The van der Waals surface area contributed by atoms with Crippen molar-refractivity contribution in [1.29, 1.82) is 0 Å². The molecule has 1 N–H and O–H groups in total. The summed E-state index contributed by atoms with van der Waals surface area (Å²) in [5.74, 6) is 0.0822. The molecule has 0 bridgehead atoms. The van der Waals surface area contributed by atoms with Gasteiger partial charge in [0, 0.05) is 6.54 Å². The Bertz CT molecular complexity index is 997. The van der Waals surface area contributed by atoms with Crippen LogP contribution in [-0.4, -0.2) is 24.7 Å². The highest BCUT2D eigenvalue weighted by Gasteiger charge is 2.25. The number of amides is 1. The van der Waals surface area contributed by atoms with Gasteiger partial charge in [-0.05, 0) is 44.0 Å². The first-order chi connectivity index (χ1) is 13.4. The van der Waals surface area contributed by atoms with Crippen molar-refractivity contribution >= 4 is 17.5 Å². The average molecular weight is 403 g/mol. The Morgan fingerprint density at radius 3 is 2.79 bits per heavy atom. The van der Waals surface area contributed by atoms with E-state index < -0.39 is 11.7 Å². The molecule has 1 amide bonds. The first-order valence-corrected chi connectivity index (χ1v) is 9.12. The number of halogens is 2. The second-order valence-electron chi connectivity index (χ2n) is 6.38. The minimum Gasteiger partial charge on any atom is -0.496 e. The highest BCUT2D eigenvalue weighted by atomic mass is 35.5. The lowest BCUT2D eigenvalue weighted by Gasteiger charge is -2.11. The number of nitrogens with zero attached hydrogens (tertiary/aromatic N) is 1. The van der Waals surface area contributed by atoms with E-state index in [-0.39, 0.29) is 21.8 Å². The van der Waals surface area contributed by atoms with Crippen molar-refractivity contribution in [3.8, 4) is 17.0 Å². The maximum absolute atomic E-state index is 14.3. The van der Waals surface area contributed by atoms with Crippen molar-refractivity contribution < 1.29 is 18.4 Å². The van der Waals surface area contributed by atoms with Crippen LogP contribution in [-0.2, 0) is 6.42 Å². The van der Waals surface area contributed by atoms with Crippen molar-refractivity contribution in [2.24, 2.45) is 0 Å². The zero-order valence-corrected chi connectivity index (χ0v) is 16.6. The van der Waals surface area contributed by atoms with E-state index in [2.05, 4.69) is 10.5 Å². The number of hydrogen-bond acceptors (Lipinski definition) is 4. The predicted octanol–water partition coefficient (Wildman–Crippen LogP) is 4.73. The van der Waals surface area contributed by atoms with Crippen molar-refractivity contribution in [2.75, 3.05) is 13.7 Å². The summed E-state index contributed by atoms with van der Waals surface area (Å²) in [6.07, 6.45) is 0.580. The third-order valence-corrected chi connectivity index (χ3v) is 4.72. The second kappa shape index (κ2) is 8.44. The van der Waals surface area contributed by atoms with Gasteiger partial charge in [-0.2, -0.15) is 0 Å². The maximum Gasteiger partial charge on any atom is 0.257 e. The number of rotatable bonds is 6. The Morgan fingerprint density at radius 1 is 1.29 bits per heavy atom. The van der Waals surface area contributed by atoms with E-state index in [1.807, 2.05) is 25.1 Å². The highest BCUT2D eigenvalue weighted by molar-refractivity contribution is 6.33. The molecule has 0 aliphatic rings. The number of ether oxygens (including phenoxy) is 1. The summed E-state index contributed by atoms with van der Waals surface area (Å²) >= 11 is 6.12. The fraction of sp³-hybridized carbons (Fsp3) is 0.238. The zero-order valence-electron chi connectivity index (χ0n) is 15.8. The van der Waals surface area contributed by atoms with Crippen LogP contribution < -0.4 is 10.1 Å². The van der Waals surface area contributed by atoms with Crippen molar-refractivity contribution in [3.05, 3.63) is 69.7 Å². The summed E-state index contributed by atoms with van der Waals surface area (Å²) in [6, 6.07) is 10.2. The third-order valence-electron chi connectivity index (χ3n) is 4.41. The van der Waals surface area contributed by atoms with Gasteiger partial charge in [-0.3, -0.25) is 4.79 Å². The Balaban J connectivity index is 1.79. The second-order valence-corrected chi connectivity index (χ2v) is 6.79. The molecule has 0 saturated carbocycles. The molecule has 1 aromatic heterocycles. The summed E-state index contributed by atoms with van der Waals surface area (Å²) in [4.78, 5) is 12.7. The van der Waals surface area contributed by atoms with Crippen LogP contribution in [0.25, 0.3) is 11.3 Å². The molecule has 0 aliphatic carbocycles. The van der Waals surface area contributed by atoms with E-state index in [4.69, 9.17) is 20.9 Å². The van der Waals surface area contributed by atoms with Gasteiger partial charge in [0.15, 0.2) is 0 Å². The van der Waals surface area contributed by atoms with Crippen LogP contribution in [0.5, 0.6) is 5.75 Å². The molecule has 0 spiro atoms. The molecule has 3 aromatic rings. The zero-order chi connectivity index (χ0) is 20.3. The van der Waals surface area contributed by atoms with Gasteiger partial charge in [0.2, 0.25) is 0 Å². The minimum atomic E-state index is -0.570. The molecule has 0 radical (unpaired) electrons. The summed E-state index contributed by atoms with van der Waals surface area (Å²) in [5, 5.41) is 6.85. The molecule has 0 aliphatic heterocycles. The first-order valence-electron chi connectivity index (χ1n) is 8.74. The molecular weight excluding hydrogens is 383 g/mol. The summed E-state index contributed by atoms with van der Waals surface area (Å²) in [5.41, 5.74) is 2.40. The summed E-state index contributed by atoms with van der Waals surface area (Å²) in [7, 11) is 1.61. The minimum absolute atomic E-state index is 0.0477. The van der Waals surface area contributed by atoms with E-state index in [0.29, 0.717) is 18.7 Å². The van der Waals surface area contributed by atoms with Gasteiger partial charge in [-0.25, -0.2) is 4.39 Å². The lowest BCUT2D eigenvalue weighted by molar-refractivity contribution is 0.0953. The molecule has 3 rings (SSSR count). The first kappa shape index (κ1) is 19.9. The van der Waals surface area contributed by atoms with E-state index in [1.165, 1.54) is 18.2 Å². The van der Waals surface area contributed by atoms with Gasteiger partial charge >= 0.3 is 0 Å². The van der Waals surface area contributed by atoms with Gasteiger partial charge in [-0.15, -0.1) is 0 Å². The molecule has 2 aromatic carbocycles. The summed E-state index contributed by atoms with van der Waals surface area (Å²) in [6.45, 7) is 3.96. The number of carbonyl (C=O) groups excluding carboxylic acids is 1. The van der Waals surface area contributed by atoms with Crippen LogP contribution in [0.1, 0.15) is 27.2 Å². The third kappa shape index (κ3) is 4.02. The largest absolute Gasteiger partial charge is 0.496 e. The standard InChI is InChI=1S/C21H20ClFN2O3/c1-12-7-8-17(27-3)14(11-12)9-10-24-21(26)18-13(2)28-25-20(18)19-15(22)5-4-6-16(19)23/h4-8,11H,9-10H2,1-3H3,(H,24,26). The normalized spacial score (nSPS) is 10.8. The number of carbonyl (C=O) groups is 1. The monoisotopic (exact) mass is 402 g/mol. The van der Waals surface area contributed by atoms with Gasteiger partial charge < -0.3 is 14.6 Å². The lowest BCUT2D eigenvalue weighted by Crippen LogP contribution is -2.26. The van der Waals surface area contributed by atoms with E-state index in [1.54, 1.807) is 14.0 Å². The maximum atomic E-state index is 14.3. The Hall–Kier alpha value is -2.86. The number of hydrogen-bond donors (Lipinski definition) is 1. The van der Waals surface area contributed by atoms with Crippen molar-refractivity contribution in [3.63, 3.8) is 0 Å². The van der Waals surface area contributed by atoms with Crippen molar-refractivity contribution in [1.82, 2.24) is 10.5 Å². The number of aromatic nitrogens is 1. The quantitative estimate of drug-likeness (QED) is 0.647. The number of nitrogens with one attached hydrogen (secondary N) is 1. The topological polar surface area (TPSA) is 64.4 Å². The molecule has 0 unspecified atom stereocenters. The SMILES string of the molecule is COc1ccc(C)cc1CCNC(=O)c1c(-c2c(F)cccc2Cl)noc1C. The van der Waals surface area contributed by atoms with Gasteiger partial charge in [-0.1, -0.05) is 40.5 Å². The molecule has 0 atom stereocenters. The molecule has 1 heterocycles. The van der Waals surface area contributed by atoms with Gasteiger partial charge in [0.25, 0.3) is 5.91 Å². The predicted molar refractivity (Wildman–Crippen MR) is 105 cm³/mol. The lowest BCUT2D eigenvalue weighted by atomic mass is 10.0. The Labute approximate surface area is 167 Å². The van der Waals surface area contributed by atoms with E-state index in [0.717, 1.165) is 16.9 Å². The van der Waals surface area contributed by atoms with Crippen molar-refractivity contribution in [2.45, 2.75) is 20.3 Å². The van der Waals surface area contributed by atoms with Crippen LogP contribution in [0, 0.1) is 19.7 Å². The molecular formula is C21H20ClFN2O3. The molecule has 0 fully saturated rings. The number of benzene rings is 2. The summed E-state index contributed by atoms with van der Waals surface area (Å²) < 4.78 is 24.8. The highest BCUT2D eigenvalue weighted by Crippen LogP contribution is 2.33. The van der Waals surface area contributed by atoms with Crippen LogP contribution in [0.4, 0.5) is 4.39 Å². The fourth-order valence-electron chi connectivity index (χ4n) is 3.04. The molecule has 28 heavy (non-hydrogen) atoms. The Morgan fingerprint density at radius 2 is 2.07 bits per heavy atom. The smallest absolute Gasteiger partial charge is 0.257 e. The van der Waals surface area contributed by atoms with Gasteiger partial charge in [0.05, 0.1) is 17.7 Å². The number of aryl methyl sites for hydroxylation is 2. The molecule has 146 valence electrons. The van der Waals surface area contributed by atoms with E-state index in [9.17, 15) is 9.18 Å². The van der Waals surface area contributed by atoms with Gasteiger partial charge in [0.1, 0.15) is 28.6 Å². The Kier molecular flexibility index (Phi) is 5.99. The number of methoxy groups -OCH3 is 1. The average Bonchev–Trinajstić information content (AvgIpc) is 3.03.